The van der Waals surface area contributed by atoms with Crippen LogP contribution in [0.3, 0.4) is 0 Å². The zero-order chi connectivity index (χ0) is 12.7. The third kappa shape index (κ3) is 4.36. The molecule has 0 aromatic heterocycles. The van der Waals surface area contributed by atoms with E-state index in [1.807, 2.05) is 0 Å². The van der Waals surface area contributed by atoms with Crippen LogP contribution in [0.1, 0.15) is 32.1 Å². The maximum atomic E-state index is 11.2. The molecule has 3 N–H and O–H groups in total. The highest BCUT2D eigenvalue weighted by atomic mass is 16.2. The van der Waals surface area contributed by atoms with Crippen LogP contribution in [0.2, 0.25) is 0 Å². The van der Waals surface area contributed by atoms with E-state index in [1.165, 1.54) is 17.1 Å². The lowest BCUT2D eigenvalue weighted by Gasteiger charge is -2.12. The van der Waals surface area contributed by atoms with E-state index in [2.05, 4.69) is 5.43 Å². The van der Waals surface area contributed by atoms with E-state index in [0.29, 0.717) is 13.0 Å². The smallest absolute Gasteiger partial charge is 0.253 e. The molecule has 1 aliphatic rings. The first kappa shape index (κ1) is 13.4. The van der Waals surface area contributed by atoms with Gasteiger partial charge in [0, 0.05) is 25.1 Å². The number of nitrogens with zero attached hydrogens (tertiary/aromatic N) is 1. The first-order valence-electron chi connectivity index (χ1n) is 5.68. The van der Waals surface area contributed by atoms with Crippen molar-refractivity contribution in [2.45, 2.75) is 32.1 Å². The standard InChI is InChI=1S/C11H17N3O3/c12-13-9(15)5-3-1-2-4-8-14-10(16)6-7-11(14)17/h6-7H,1-5,8,12H2,(H,13,15). The van der Waals surface area contributed by atoms with Crippen LogP contribution < -0.4 is 11.3 Å². The Morgan fingerprint density at radius 2 is 1.71 bits per heavy atom. The number of nitrogens with two attached hydrogens (primary N) is 1. The quantitative estimate of drug-likeness (QED) is 0.212. The summed E-state index contributed by atoms with van der Waals surface area (Å²) in [6.07, 6.45) is 6.29. The van der Waals surface area contributed by atoms with Gasteiger partial charge >= 0.3 is 0 Å². The highest BCUT2D eigenvalue weighted by Crippen LogP contribution is 2.08. The molecule has 0 radical (unpaired) electrons. The molecule has 0 aliphatic carbocycles. The van der Waals surface area contributed by atoms with Crippen LogP contribution in [0.25, 0.3) is 0 Å². The minimum Gasteiger partial charge on any atom is -0.294 e. The Morgan fingerprint density at radius 1 is 1.12 bits per heavy atom. The van der Waals surface area contributed by atoms with Gasteiger partial charge in [-0.2, -0.15) is 0 Å². The number of rotatable bonds is 7. The van der Waals surface area contributed by atoms with Gasteiger partial charge < -0.3 is 0 Å². The van der Waals surface area contributed by atoms with Crippen LogP contribution in [0.15, 0.2) is 12.2 Å². The number of nitrogens with one attached hydrogen (secondary N) is 1. The monoisotopic (exact) mass is 239 g/mol. The molecule has 94 valence electrons. The number of hydrogen-bond donors (Lipinski definition) is 2. The van der Waals surface area contributed by atoms with Crippen molar-refractivity contribution in [3.63, 3.8) is 0 Å². The van der Waals surface area contributed by atoms with E-state index in [0.717, 1.165) is 25.7 Å². The van der Waals surface area contributed by atoms with Crippen molar-refractivity contribution in [3.05, 3.63) is 12.2 Å². The number of carbonyl (C=O) groups excluding carboxylic acids is 3. The van der Waals surface area contributed by atoms with Crippen LogP contribution in [0.4, 0.5) is 0 Å². The molecule has 3 amide bonds. The van der Waals surface area contributed by atoms with Crippen molar-refractivity contribution in [1.82, 2.24) is 10.3 Å². The summed E-state index contributed by atoms with van der Waals surface area (Å²) in [4.78, 5) is 34.4. The number of amides is 3. The molecule has 6 heteroatoms. The second kappa shape index (κ2) is 6.80. The number of hydrazine groups is 1. The fourth-order valence-electron chi connectivity index (χ4n) is 1.63. The van der Waals surface area contributed by atoms with Gasteiger partial charge in [0.05, 0.1) is 0 Å². The van der Waals surface area contributed by atoms with Crippen LogP contribution in [0.5, 0.6) is 0 Å². The number of imide groups is 1. The summed E-state index contributed by atoms with van der Waals surface area (Å²) in [5.41, 5.74) is 2.07. The van der Waals surface area contributed by atoms with Crippen LogP contribution >= 0.6 is 0 Å². The van der Waals surface area contributed by atoms with Crippen molar-refractivity contribution in [3.8, 4) is 0 Å². The van der Waals surface area contributed by atoms with Gasteiger partial charge in [-0.05, 0) is 12.8 Å². The number of carbonyl (C=O) groups is 3. The molecule has 0 aromatic carbocycles. The van der Waals surface area contributed by atoms with Crippen LogP contribution in [-0.4, -0.2) is 29.2 Å². The summed E-state index contributed by atoms with van der Waals surface area (Å²) in [6, 6.07) is 0. The largest absolute Gasteiger partial charge is 0.294 e. The van der Waals surface area contributed by atoms with Crippen molar-refractivity contribution < 1.29 is 14.4 Å². The Balaban J connectivity index is 2.03. The molecular weight excluding hydrogens is 222 g/mol. The fourth-order valence-corrected chi connectivity index (χ4v) is 1.63. The summed E-state index contributed by atoms with van der Waals surface area (Å²) < 4.78 is 0. The fraction of sp³-hybridized carbons (Fsp3) is 0.545. The maximum Gasteiger partial charge on any atom is 0.253 e. The zero-order valence-electron chi connectivity index (χ0n) is 9.65. The first-order chi connectivity index (χ1) is 8.15. The van der Waals surface area contributed by atoms with E-state index in [1.54, 1.807) is 0 Å². The van der Waals surface area contributed by atoms with Gasteiger partial charge in [-0.25, -0.2) is 5.84 Å². The average molecular weight is 239 g/mol. The van der Waals surface area contributed by atoms with Crippen LogP contribution in [0, 0.1) is 0 Å². The molecule has 0 unspecified atom stereocenters. The zero-order valence-corrected chi connectivity index (χ0v) is 9.65. The Hall–Kier alpha value is -1.69. The van der Waals surface area contributed by atoms with Crippen LogP contribution in [-0.2, 0) is 14.4 Å². The first-order valence-corrected chi connectivity index (χ1v) is 5.68. The second-order valence-electron chi connectivity index (χ2n) is 3.89. The highest BCUT2D eigenvalue weighted by molar-refractivity contribution is 6.12. The molecule has 1 aliphatic heterocycles. The van der Waals surface area contributed by atoms with E-state index < -0.39 is 0 Å². The summed E-state index contributed by atoms with van der Waals surface area (Å²) in [7, 11) is 0. The van der Waals surface area contributed by atoms with Crippen molar-refractivity contribution in [2.24, 2.45) is 5.84 Å². The van der Waals surface area contributed by atoms with Gasteiger partial charge in [-0.15, -0.1) is 0 Å². The predicted octanol–water partition coefficient (Wildman–Crippen LogP) is -0.148. The van der Waals surface area contributed by atoms with Gasteiger partial charge in [0.1, 0.15) is 0 Å². The van der Waals surface area contributed by atoms with Gasteiger partial charge in [0.2, 0.25) is 5.91 Å². The predicted molar refractivity (Wildman–Crippen MR) is 61.3 cm³/mol. The van der Waals surface area contributed by atoms with E-state index in [-0.39, 0.29) is 17.7 Å². The second-order valence-corrected chi connectivity index (χ2v) is 3.89. The molecule has 0 fully saturated rings. The summed E-state index contributed by atoms with van der Waals surface area (Å²) in [5.74, 6) is 4.29. The summed E-state index contributed by atoms with van der Waals surface area (Å²) in [6.45, 7) is 0.452. The Morgan fingerprint density at radius 3 is 2.29 bits per heavy atom. The van der Waals surface area contributed by atoms with Crippen molar-refractivity contribution >= 4 is 17.7 Å². The average Bonchev–Trinajstić information content (AvgIpc) is 2.64. The highest BCUT2D eigenvalue weighted by Gasteiger charge is 2.21. The van der Waals surface area contributed by atoms with E-state index in [9.17, 15) is 14.4 Å². The van der Waals surface area contributed by atoms with E-state index >= 15 is 0 Å². The Bertz CT molecular complexity index is 321. The third-order valence-corrected chi connectivity index (χ3v) is 2.60. The lowest BCUT2D eigenvalue weighted by Crippen LogP contribution is -2.30. The Labute approximate surface area is 99.8 Å². The van der Waals surface area contributed by atoms with Crippen molar-refractivity contribution in [1.29, 1.82) is 0 Å². The summed E-state index contributed by atoms with van der Waals surface area (Å²) in [5, 5.41) is 0. The topological polar surface area (TPSA) is 92.5 Å². The third-order valence-electron chi connectivity index (χ3n) is 2.60. The summed E-state index contributed by atoms with van der Waals surface area (Å²) >= 11 is 0. The molecule has 17 heavy (non-hydrogen) atoms. The minimum atomic E-state index is -0.238. The molecule has 0 saturated carbocycles. The van der Waals surface area contributed by atoms with Gasteiger partial charge in [-0.3, -0.25) is 24.7 Å². The van der Waals surface area contributed by atoms with Gasteiger partial charge in [0.15, 0.2) is 0 Å². The molecular formula is C11H17N3O3. The Kier molecular flexibility index (Phi) is 5.35. The molecule has 1 heterocycles. The molecule has 1 rings (SSSR count). The SMILES string of the molecule is NNC(=O)CCCCCCN1C(=O)C=CC1=O. The number of unbranched alkanes of at least 4 members (excludes halogenated alkanes) is 3. The molecule has 6 nitrogen and oxygen atoms in total. The van der Waals surface area contributed by atoms with E-state index in [4.69, 9.17) is 5.84 Å². The minimum absolute atomic E-state index is 0.168. The molecule has 0 atom stereocenters. The molecule has 0 bridgehead atoms. The lowest BCUT2D eigenvalue weighted by atomic mass is 10.1. The molecule has 0 aromatic rings. The normalized spacial score (nSPS) is 14.5. The maximum absolute atomic E-state index is 11.2. The molecule has 0 spiro atoms. The molecule has 0 saturated heterocycles. The van der Waals surface area contributed by atoms with Crippen molar-refractivity contribution in [2.75, 3.05) is 6.54 Å². The van der Waals surface area contributed by atoms with Gasteiger partial charge in [0.25, 0.3) is 11.8 Å². The lowest BCUT2D eigenvalue weighted by molar-refractivity contribution is -0.136. The number of hydrogen-bond acceptors (Lipinski definition) is 4. The van der Waals surface area contributed by atoms with Gasteiger partial charge in [-0.1, -0.05) is 12.8 Å².